The molecule has 4 nitrogen and oxygen atoms in total. The minimum absolute atomic E-state index is 0.311. The summed E-state index contributed by atoms with van der Waals surface area (Å²) in [6, 6.07) is 0. The van der Waals surface area contributed by atoms with Crippen LogP contribution in [0.4, 0.5) is 4.79 Å². The maximum Gasteiger partial charge on any atom is 0.407 e. The number of rotatable bonds is 8. The molecule has 0 aromatic carbocycles. The van der Waals surface area contributed by atoms with Crippen LogP contribution in [0, 0.1) is 0 Å². The second kappa shape index (κ2) is 11.0. The zero-order valence-corrected chi connectivity index (χ0v) is 9.62. The van der Waals surface area contributed by atoms with Gasteiger partial charge in [0.1, 0.15) is 6.61 Å². The molecule has 0 aliphatic carbocycles. The van der Waals surface area contributed by atoms with Gasteiger partial charge in [0.25, 0.3) is 0 Å². The average molecular weight is 215 g/mol. The third kappa shape index (κ3) is 10.9. The third-order valence-corrected chi connectivity index (χ3v) is 1.70. The molecule has 15 heavy (non-hydrogen) atoms. The highest BCUT2D eigenvalue weighted by Crippen LogP contribution is 1.88. The number of nitrogens with one attached hydrogen (secondary N) is 1. The predicted octanol–water partition coefficient (Wildman–Crippen LogP) is 2.11. The van der Waals surface area contributed by atoms with Crippen LogP contribution in [0.25, 0.3) is 0 Å². The van der Waals surface area contributed by atoms with Crippen LogP contribution in [0.2, 0.25) is 0 Å². The van der Waals surface area contributed by atoms with Crippen molar-refractivity contribution in [1.29, 1.82) is 0 Å². The second-order valence-electron chi connectivity index (χ2n) is 3.05. The van der Waals surface area contributed by atoms with E-state index in [4.69, 9.17) is 9.47 Å². The monoisotopic (exact) mass is 215 g/mol. The highest BCUT2D eigenvalue weighted by atomic mass is 16.6. The van der Waals surface area contributed by atoms with Crippen molar-refractivity contribution >= 4 is 6.09 Å². The van der Waals surface area contributed by atoms with Crippen LogP contribution < -0.4 is 5.32 Å². The highest BCUT2D eigenvalue weighted by molar-refractivity contribution is 5.67. The molecular formula is C11H21NO3. The van der Waals surface area contributed by atoms with E-state index < -0.39 is 6.09 Å². The van der Waals surface area contributed by atoms with Gasteiger partial charge >= 0.3 is 6.09 Å². The molecule has 0 fully saturated rings. The first-order chi connectivity index (χ1) is 7.31. The number of amides is 1. The molecule has 0 bridgehead atoms. The minimum Gasteiger partial charge on any atom is -0.447 e. The fraction of sp³-hybridized carbons (Fsp3) is 0.727. The Morgan fingerprint density at radius 1 is 1.33 bits per heavy atom. The van der Waals surface area contributed by atoms with E-state index in [0.717, 1.165) is 19.4 Å². The molecule has 0 radical (unpaired) electrons. The lowest BCUT2D eigenvalue weighted by Gasteiger charge is -2.05. The summed E-state index contributed by atoms with van der Waals surface area (Å²) in [5.41, 5.74) is 0. The molecule has 0 spiro atoms. The number of ether oxygens (including phenoxy) is 2. The van der Waals surface area contributed by atoms with Crippen molar-refractivity contribution in [3.8, 4) is 0 Å². The molecule has 0 unspecified atom stereocenters. The molecule has 0 heterocycles. The van der Waals surface area contributed by atoms with Crippen molar-refractivity contribution in [3.63, 3.8) is 0 Å². The Morgan fingerprint density at radius 3 is 2.80 bits per heavy atom. The Hall–Kier alpha value is -1.03. The van der Waals surface area contributed by atoms with Crippen LogP contribution in [0.15, 0.2) is 12.2 Å². The van der Waals surface area contributed by atoms with Gasteiger partial charge in [-0.2, -0.15) is 0 Å². The molecular weight excluding hydrogens is 194 g/mol. The van der Waals surface area contributed by atoms with Gasteiger partial charge in [-0.05, 0) is 13.3 Å². The second-order valence-corrected chi connectivity index (χ2v) is 3.05. The predicted molar refractivity (Wildman–Crippen MR) is 59.9 cm³/mol. The lowest BCUT2D eigenvalue weighted by atomic mass is 10.4. The maximum absolute atomic E-state index is 11.0. The SMILES string of the molecule is CC=CCNC(=O)OCCOCCCC. The number of carbonyl (C=O) groups is 1. The molecule has 4 heteroatoms. The van der Waals surface area contributed by atoms with Crippen molar-refractivity contribution in [2.24, 2.45) is 0 Å². The molecule has 0 saturated heterocycles. The third-order valence-electron chi connectivity index (χ3n) is 1.70. The average Bonchev–Trinajstić information content (AvgIpc) is 2.23. The molecule has 0 atom stereocenters. The largest absolute Gasteiger partial charge is 0.447 e. The summed E-state index contributed by atoms with van der Waals surface area (Å²) in [4.78, 5) is 11.0. The lowest BCUT2D eigenvalue weighted by Crippen LogP contribution is -2.25. The highest BCUT2D eigenvalue weighted by Gasteiger charge is 1.98. The van der Waals surface area contributed by atoms with Gasteiger partial charge in [-0.3, -0.25) is 0 Å². The lowest BCUT2D eigenvalue weighted by molar-refractivity contribution is 0.0719. The first-order valence-corrected chi connectivity index (χ1v) is 5.40. The number of hydrogen-bond acceptors (Lipinski definition) is 3. The zero-order valence-electron chi connectivity index (χ0n) is 9.62. The van der Waals surface area contributed by atoms with E-state index in [1.165, 1.54) is 0 Å². The Balaban J connectivity index is 3.16. The minimum atomic E-state index is -0.396. The van der Waals surface area contributed by atoms with Crippen molar-refractivity contribution in [1.82, 2.24) is 5.32 Å². The van der Waals surface area contributed by atoms with Crippen LogP contribution in [0.1, 0.15) is 26.7 Å². The molecule has 88 valence electrons. The smallest absolute Gasteiger partial charge is 0.407 e. The Morgan fingerprint density at radius 2 is 2.13 bits per heavy atom. The number of hydrogen-bond donors (Lipinski definition) is 1. The van der Waals surface area contributed by atoms with E-state index in [1.54, 1.807) is 0 Å². The summed E-state index contributed by atoms with van der Waals surface area (Å²) in [7, 11) is 0. The van der Waals surface area contributed by atoms with Crippen molar-refractivity contribution in [3.05, 3.63) is 12.2 Å². The van der Waals surface area contributed by atoms with Gasteiger partial charge in [-0.15, -0.1) is 0 Å². The van der Waals surface area contributed by atoms with Gasteiger partial charge in [0.05, 0.1) is 6.61 Å². The number of allylic oxidation sites excluding steroid dienone is 1. The molecule has 1 amide bonds. The van der Waals surface area contributed by atoms with Crippen LogP contribution in [-0.2, 0) is 9.47 Å². The van der Waals surface area contributed by atoms with Gasteiger partial charge in [-0.1, -0.05) is 25.5 Å². The maximum atomic E-state index is 11.0. The normalized spacial score (nSPS) is 10.5. The van der Waals surface area contributed by atoms with E-state index in [-0.39, 0.29) is 0 Å². The summed E-state index contributed by atoms with van der Waals surface area (Å²) in [6.45, 7) is 6.03. The first-order valence-electron chi connectivity index (χ1n) is 5.40. The molecule has 1 N–H and O–H groups in total. The number of unbranched alkanes of at least 4 members (excludes halogenated alkanes) is 1. The van der Waals surface area contributed by atoms with Gasteiger partial charge in [0, 0.05) is 13.2 Å². The molecule has 0 saturated carbocycles. The standard InChI is InChI=1S/C11H21NO3/c1-3-5-7-12-11(13)15-10-9-14-8-6-4-2/h3,5H,4,6-10H2,1-2H3,(H,12,13). The summed E-state index contributed by atoms with van der Waals surface area (Å²) < 4.78 is 10.1. The first kappa shape index (κ1) is 14.0. The Kier molecular flexibility index (Phi) is 10.3. The van der Waals surface area contributed by atoms with Gasteiger partial charge in [-0.25, -0.2) is 4.79 Å². The molecule has 0 aliphatic rings. The number of alkyl carbamates (subject to hydrolysis) is 1. The fourth-order valence-corrected chi connectivity index (χ4v) is 0.853. The summed E-state index contributed by atoms with van der Waals surface area (Å²) in [5, 5.41) is 2.58. The van der Waals surface area contributed by atoms with Crippen molar-refractivity contribution in [2.45, 2.75) is 26.7 Å². The summed E-state index contributed by atoms with van der Waals surface area (Å²) in [6.07, 6.45) is 5.48. The Bertz CT molecular complexity index is 181. The van der Waals surface area contributed by atoms with Crippen LogP contribution >= 0.6 is 0 Å². The molecule has 0 aromatic rings. The Labute approximate surface area is 91.6 Å². The molecule has 0 aliphatic heterocycles. The van der Waals surface area contributed by atoms with Gasteiger partial charge in [0.15, 0.2) is 0 Å². The summed E-state index contributed by atoms with van der Waals surface area (Å²) in [5.74, 6) is 0. The van der Waals surface area contributed by atoms with Crippen LogP contribution in [0.5, 0.6) is 0 Å². The fourth-order valence-electron chi connectivity index (χ4n) is 0.853. The van der Waals surface area contributed by atoms with Crippen molar-refractivity contribution < 1.29 is 14.3 Å². The number of carbonyl (C=O) groups excluding carboxylic acids is 1. The van der Waals surface area contributed by atoms with E-state index in [2.05, 4.69) is 12.2 Å². The van der Waals surface area contributed by atoms with Gasteiger partial charge in [0.2, 0.25) is 0 Å². The molecule has 0 rings (SSSR count). The van der Waals surface area contributed by atoms with E-state index in [1.807, 2.05) is 19.1 Å². The van der Waals surface area contributed by atoms with Gasteiger partial charge < -0.3 is 14.8 Å². The zero-order chi connectivity index (χ0) is 11.4. The van der Waals surface area contributed by atoms with Crippen LogP contribution in [-0.4, -0.2) is 32.5 Å². The van der Waals surface area contributed by atoms with E-state index in [9.17, 15) is 4.79 Å². The van der Waals surface area contributed by atoms with Crippen LogP contribution in [0.3, 0.4) is 0 Å². The van der Waals surface area contributed by atoms with E-state index >= 15 is 0 Å². The summed E-state index contributed by atoms with van der Waals surface area (Å²) >= 11 is 0. The van der Waals surface area contributed by atoms with Crippen molar-refractivity contribution in [2.75, 3.05) is 26.4 Å². The van der Waals surface area contributed by atoms with E-state index in [0.29, 0.717) is 19.8 Å². The quantitative estimate of drug-likeness (QED) is 0.498. The molecule has 0 aromatic heterocycles. The topological polar surface area (TPSA) is 47.6 Å².